The van der Waals surface area contributed by atoms with Crippen LogP contribution in [0.4, 0.5) is 0 Å². The lowest BCUT2D eigenvalue weighted by atomic mass is 10.1. The van der Waals surface area contributed by atoms with Gasteiger partial charge in [0, 0.05) is 0 Å². The largest absolute Gasteiger partial charge is 0.394 e. The van der Waals surface area contributed by atoms with E-state index >= 15 is 0 Å². The maximum atomic E-state index is 8.74. The van der Waals surface area contributed by atoms with E-state index in [-0.39, 0.29) is 0 Å². The van der Waals surface area contributed by atoms with Gasteiger partial charge in [0.2, 0.25) is 0 Å². The molecule has 1 aliphatic heterocycles. The minimum Gasteiger partial charge on any atom is -0.264 e. The van der Waals surface area contributed by atoms with Crippen LogP contribution in [0.15, 0.2) is 12.2 Å². The molecule has 0 saturated heterocycles. The molecule has 0 saturated carbocycles. The van der Waals surface area contributed by atoms with Crippen molar-refractivity contribution in [3.8, 4) is 0 Å². The third-order valence-corrected chi connectivity index (χ3v) is 4.45. The maximum Gasteiger partial charge on any atom is 0.394 e. The van der Waals surface area contributed by atoms with Crippen LogP contribution in [0.3, 0.4) is 0 Å². The first-order chi connectivity index (χ1) is 13.0. The normalized spacial score (nSPS) is 21.1. The molecule has 0 unspecified atom stereocenters. The van der Waals surface area contributed by atoms with E-state index in [4.69, 9.17) is 27.3 Å². The molecule has 0 radical (unpaired) electrons. The van der Waals surface area contributed by atoms with Gasteiger partial charge in [-0.05, 0) is 38.5 Å². The standard InChI is InChI=1S/C20H38O2.H2O4S/c1-2-4-6-8-10-12-14-16-18-20-22-21-19-17-15-13-11-9-7-5-3-1;1-5(2,3)4/h1,3H,2,4-20H2;(H2,1,2,3,4). The molecule has 27 heavy (non-hydrogen) atoms. The van der Waals surface area contributed by atoms with Gasteiger partial charge in [0.05, 0.1) is 13.2 Å². The van der Waals surface area contributed by atoms with E-state index in [0.717, 1.165) is 26.1 Å². The summed E-state index contributed by atoms with van der Waals surface area (Å²) in [5.74, 6) is 0. The van der Waals surface area contributed by atoms with Gasteiger partial charge < -0.3 is 0 Å². The molecule has 0 atom stereocenters. The van der Waals surface area contributed by atoms with E-state index in [1.54, 1.807) is 0 Å². The highest BCUT2D eigenvalue weighted by atomic mass is 32.3. The van der Waals surface area contributed by atoms with Crippen molar-refractivity contribution in [2.24, 2.45) is 0 Å². The lowest BCUT2D eigenvalue weighted by molar-refractivity contribution is -0.295. The molecule has 6 nitrogen and oxygen atoms in total. The summed E-state index contributed by atoms with van der Waals surface area (Å²) in [5.41, 5.74) is 0. The van der Waals surface area contributed by atoms with Crippen LogP contribution in [0.5, 0.6) is 0 Å². The highest BCUT2D eigenvalue weighted by molar-refractivity contribution is 7.79. The Morgan fingerprint density at radius 3 is 1.11 bits per heavy atom. The van der Waals surface area contributed by atoms with E-state index in [0.29, 0.717) is 0 Å². The number of rotatable bonds is 0. The van der Waals surface area contributed by atoms with Crippen LogP contribution in [0.1, 0.15) is 103 Å². The fourth-order valence-electron chi connectivity index (χ4n) is 2.97. The summed E-state index contributed by atoms with van der Waals surface area (Å²) in [6.45, 7) is 1.54. The Bertz CT molecular complexity index is 390. The number of allylic oxidation sites excluding steroid dienone is 2. The van der Waals surface area contributed by atoms with Crippen molar-refractivity contribution >= 4 is 10.4 Å². The van der Waals surface area contributed by atoms with Crippen LogP contribution < -0.4 is 0 Å². The van der Waals surface area contributed by atoms with Crippen LogP contribution in [-0.4, -0.2) is 30.7 Å². The van der Waals surface area contributed by atoms with Crippen molar-refractivity contribution < 1.29 is 27.3 Å². The highest BCUT2D eigenvalue weighted by Crippen LogP contribution is 2.11. The summed E-state index contributed by atoms with van der Waals surface area (Å²) in [5, 5.41) is 0. The van der Waals surface area contributed by atoms with E-state index in [1.165, 1.54) is 89.9 Å². The van der Waals surface area contributed by atoms with Gasteiger partial charge in [-0.3, -0.25) is 9.11 Å². The van der Waals surface area contributed by atoms with Crippen LogP contribution in [-0.2, 0) is 20.2 Å². The SMILES string of the molecule is C1=CCCCCCCCCOOCCCCCCCCCC1.O=S(=O)(O)O. The summed E-state index contributed by atoms with van der Waals surface area (Å²) < 4.78 is 31.6. The van der Waals surface area contributed by atoms with Gasteiger partial charge in [0.15, 0.2) is 0 Å². The molecule has 1 rings (SSSR count). The lowest BCUT2D eigenvalue weighted by Crippen LogP contribution is -1.99. The summed E-state index contributed by atoms with van der Waals surface area (Å²) in [6, 6.07) is 0. The predicted octanol–water partition coefficient (Wildman–Crippen LogP) is 6.09. The molecule has 0 aromatic carbocycles. The topological polar surface area (TPSA) is 93.1 Å². The average molecular weight is 409 g/mol. The third-order valence-electron chi connectivity index (χ3n) is 4.45. The second-order valence-corrected chi connectivity index (χ2v) is 7.99. The summed E-state index contributed by atoms with van der Waals surface area (Å²) in [7, 11) is -4.67. The fourth-order valence-corrected chi connectivity index (χ4v) is 2.97. The Balaban J connectivity index is 0.00000119. The van der Waals surface area contributed by atoms with Crippen molar-refractivity contribution in [2.45, 2.75) is 103 Å². The Morgan fingerprint density at radius 1 is 0.519 bits per heavy atom. The van der Waals surface area contributed by atoms with Gasteiger partial charge in [-0.2, -0.15) is 8.42 Å². The molecular weight excluding hydrogens is 368 g/mol. The average Bonchev–Trinajstić information content (AvgIpc) is 2.59. The summed E-state index contributed by atoms with van der Waals surface area (Å²) in [6.07, 6.45) is 26.0. The minimum absolute atomic E-state index is 0.767. The first kappa shape index (κ1) is 26.5. The molecule has 0 spiro atoms. The lowest BCUT2D eigenvalue weighted by Gasteiger charge is -2.05. The van der Waals surface area contributed by atoms with Crippen molar-refractivity contribution in [1.82, 2.24) is 0 Å². The zero-order valence-corrected chi connectivity index (χ0v) is 17.6. The van der Waals surface area contributed by atoms with Gasteiger partial charge in [-0.1, -0.05) is 76.4 Å². The number of hydrogen-bond acceptors (Lipinski definition) is 4. The second kappa shape index (κ2) is 20.3. The Morgan fingerprint density at radius 2 is 0.778 bits per heavy atom. The van der Waals surface area contributed by atoms with Crippen molar-refractivity contribution in [2.75, 3.05) is 13.2 Å². The second-order valence-electron chi connectivity index (χ2n) is 7.09. The molecule has 0 aromatic heterocycles. The molecule has 7 heteroatoms. The fraction of sp³-hybridized carbons (Fsp3) is 0.900. The first-order valence-electron chi connectivity index (χ1n) is 10.6. The zero-order valence-electron chi connectivity index (χ0n) is 16.8. The monoisotopic (exact) mass is 408 g/mol. The van der Waals surface area contributed by atoms with Crippen molar-refractivity contribution in [1.29, 1.82) is 0 Å². The molecule has 0 amide bonds. The number of hydrogen-bond donors (Lipinski definition) is 2. The summed E-state index contributed by atoms with van der Waals surface area (Å²) >= 11 is 0. The molecule has 1 aliphatic rings. The molecule has 0 aliphatic carbocycles. The molecular formula is C20H40O6S. The summed E-state index contributed by atoms with van der Waals surface area (Å²) in [4.78, 5) is 10.5. The van der Waals surface area contributed by atoms with Crippen LogP contribution in [0, 0.1) is 0 Å². The predicted molar refractivity (Wildman–Crippen MR) is 109 cm³/mol. The Hall–Kier alpha value is -0.470. The van der Waals surface area contributed by atoms with Crippen LogP contribution >= 0.6 is 0 Å². The quantitative estimate of drug-likeness (QED) is 0.286. The minimum atomic E-state index is -4.67. The van der Waals surface area contributed by atoms with Crippen molar-refractivity contribution in [3.05, 3.63) is 12.2 Å². The van der Waals surface area contributed by atoms with E-state index in [1.807, 2.05) is 0 Å². The molecule has 1 heterocycles. The van der Waals surface area contributed by atoms with Gasteiger partial charge in [0.25, 0.3) is 0 Å². The van der Waals surface area contributed by atoms with Crippen LogP contribution in [0.2, 0.25) is 0 Å². The Kier molecular flexibility index (Phi) is 19.9. The van der Waals surface area contributed by atoms with E-state index in [2.05, 4.69) is 12.2 Å². The molecule has 162 valence electrons. The molecule has 0 bridgehead atoms. The Labute approximate surface area is 166 Å². The van der Waals surface area contributed by atoms with Gasteiger partial charge in [-0.15, -0.1) is 0 Å². The molecule has 0 aromatic rings. The smallest absolute Gasteiger partial charge is 0.264 e. The molecule has 0 fully saturated rings. The van der Waals surface area contributed by atoms with Crippen LogP contribution in [0.25, 0.3) is 0 Å². The highest BCUT2D eigenvalue weighted by Gasteiger charge is 1.95. The van der Waals surface area contributed by atoms with E-state index < -0.39 is 10.4 Å². The van der Waals surface area contributed by atoms with Gasteiger partial charge in [-0.25, -0.2) is 9.78 Å². The molecule has 2 N–H and O–H groups in total. The van der Waals surface area contributed by atoms with Gasteiger partial charge in [0.1, 0.15) is 0 Å². The third kappa shape index (κ3) is 30.5. The van der Waals surface area contributed by atoms with Crippen molar-refractivity contribution in [3.63, 3.8) is 0 Å². The first-order valence-corrected chi connectivity index (χ1v) is 12.0. The maximum absolute atomic E-state index is 8.74. The van der Waals surface area contributed by atoms with Gasteiger partial charge >= 0.3 is 10.4 Å². The van der Waals surface area contributed by atoms with E-state index in [9.17, 15) is 0 Å². The zero-order chi connectivity index (χ0) is 20.1.